The number of aromatic hydroxyl groups is 1. The van der Waals surface area contributed by atoms with Crippen LogP contribution in [-0.4, -0.2) is 48.4 Å². The minimum atomic E-state index is -0.332. The first-order valence-corrected chi connectivity index (χ1v) is 9.29. The van der Waals surface area contributed by atoms with Crippen molar-refractivity contribution < 1.29 is 14.7 Å². The summed E-state index contributed by atoms with van der Waals surface area (Å²) < 4.78 is 0. The lowest BCUT2D eigenvalue weighted by molar-refractivity contribution is 0.229. The Balaban J connectivity index is 2.23. The lowest BCUT2D eigenvalue weighted by Crippen LogP contribution is -2.51. The fourth-order valence-corrected chi connectivity index (χ4v) is 2.23. The van der Waals surface area contributed by atoms with Gasteiger partial charge >= 0.3 is 12.1 Å². The predicted molar refractivity (Wildman–Crippen MR) is 107 cm³/mol. The van der Waals surface area contributed by atoms with Crippen LogP contribution in [-0.2, 0) is 6.42 Å². The quantitative estimate of drug-likeness (QED) is 0.386. The zero-order chi connectivity index (χ0) is 20.4. The Hall–Kier alpha value is -2.48. The number of rotatable bonds is 9. The summed E-state index contributed by atoms with van der Waals surface area (Å²) in [5, 5.41) is 20.3. The number of nitrogens with one attached hydrogen (secondary N) is 4. The molecule has 7 N–H and O–H groups in total. The normalized spacial score (nSPS) is 14.1. The van der Waals surface area contributed by atoms with Gasteiger partial charge in [0.1, 0.15) is 5.75 Å². The van der Waals surface area contributed by atoms with E-state index in [4.69, 9.17) is 5.73 Å². The molecule has 8 nitrogen and oxygen atoms in total. The summed E-state index contributed by atoms with van der Waals surface area (Å²) in [6, 6.07) is 5.84. The Morgan fingerprint density at radius 1 is 0.963 bits per heavy atom. The molecule has 152 valence electrons. The van der Waals surface area contributed by atoms with Crippen molar-refractivity contribution in [2.75, 3.05) is 13.1 Å². The molecule has 0 radical (unpaired) electrons. The largest absolute Gasteiger partial charge is 0.508 e. The second-order valence-corrected chi connectivity index (χ2v) is 7.27. The zero-order valence-electron chi connectivity index (χ0n) is 16.6. The van der Waals surface area contributed by atoms with Gasteiger partial charge in [0.25, 0.3) is 0 Å². The molecule has 0 spiro atoms. The maximum Gasteiger partial charge on any atom is 0.315 e. The molecule has 1 rings (SSSR count). The number of phenolic OH excluding ortho intramolecular Hbond substituents is 1. The number of carbonyl (C=O) groups excluding carboxylic acids is 2. The van der Waals surface area contributed by atoms with E-state index in [9.17, 15) is 14.7 Å². The Kier molecular flexibility index (Phi) is 9.42. The summed E-state index contributed by atoms with van der Waals surface area (Å²) in [5.41, 5.74) is 7.01. The maximum absolute atomic E-state index is 11.9. The molecule has 0 saturated carbocycles. The monoisotopic (exact) mass is 379 g/mol. The summed E-state index contributed by atoms with van der Waals surface area (Å²) in [6.07, 6.45) is 0.589. The van der Waals surface area contributed by atoms with E-state index in [1.54, 1.807) is 24.3 Å². The number of phenols is 1. The molecule has 0 aromatic heterocycles. The van der Waals surface area contributed by atoms with Crippen molar-refractivity contribution in [2.45, 2.75) is 52.2 Å². The van der Waals surface area contributed by atoms with E-state index in [-0.39, 0.29) is 35.9 Å². The Labute approximate surface area is 161 Å². The van der Waals surface area contributed by atoms with Crippen molar-refractivity contribution in [1.29, 1.82) is 0 Å². The van der Waals surface area contributed by atoms with Gasteiger partial charge in [-0.2, -0.15) is 0 Å². The molecule has 0 aliphatic carbocycles. The first kappa shape index (κ1) is 22.6. The molecule has 3 atom stereocenters. The van der Waals surface area contributed by atoms with Gasteiger partial charge < -0.3 is 32.1 Å². The molecule has 27 heavy (non-hydrogen) atoms. The molecule has 4 amide bonds. The van der Waals surface area contributed by atoms with E-state index >= 15 is 0 Å². The summed E-state index contributed by atoms with van der Waals surface area (Å²) >= 11 is 0. The van der Waals surface area contributed by atoms with Gasteiger partial charge in [0.05, 0.1) is 0 Å². The number of amides is 4. The number of carbonyl (C=O) groups is 2. The van der Waals surface area contributed by atoms with Crippen molar-refractivity contribution in [3.8, 4) is 5.75 Å². The standard InChI is InChI=1S/C19H33N5O3/c1-12(2)14(4)24-19(27)21-10-13(3)23-18(26)22-11-16(20)9-15-5-7-17(25)8-6-15/h5-8,12-14,16,25H,9-11,20H2,1-4H3,(H2,21,24,27)(H2,22,23,26)/t13-,14+,16-/m0/s1. The molecular formula is C19H33N5O3. The van der Waals surface area contributed by atoms with Crippen LogP contribution in [0.2, 0.25) is 0 Å². The highest BCUT2D eigenvalue weighted by molar-refractivity contribution is 5.75. The van der Waals surface area contributed by atoms with E-state index in [0.29, 0.717) is 25.4 Å². The Morgan fingerprint density at radius 3 is 2.11 bits per heavy atom. The van der Waals surface area contributed by atoms with Gasteiger partial charge in [0.15, 0.2) is 0 Å². The molecule has 0 fully saturated rings. The van der Waals surface area contributed by atoms with Crippen molar-refractivity contribution >= 4 is 12.1 Å². The van der Waals surface area contributed by atoms with E-state index in [2.05, 4.69) is 21.3 Å². The average Bonchev–Trinajstić information content (AvgIpc) is 2.60. The molecule has 1 aromatic carbocycles. The van der Waals surface area contributed by atoms with Gasteiger partial charge in [-0.15, -0.1) is 0 Å². The Bertz CT molecular complexity index is 592. The lowest BCUT2D eigenvalue weighted by Gasteiger charge is -2.20. The van der Waals surface area contributed by atoms with E-state index in [0.717, 1.165) is 5.56 Å². The third-order valence-electron chi connectivity index (χ3n) is 4.26. The molecule has 0 aliphatic heterocycles. The number of hydrogen-bond donors (Lipinski definition) is 6. The lowest BCUT2D eigenvalue weighted by atomic mass is 10.1. The molecule has 0 saturated heterocycles. The minimum absolute atomic E-state index is 0.0756. The van der Waals surface area contributed by atoms with Crippen molar-refractivity contribution in [1.82, 2.24) is 21.3 Å². The third kappa shape index (κ3) is 9.69. The summed E-state index contributed by atoms with van der Waals surface area (Å²) in [4.78, 5) is 23.7. The SMILES string of the molecule is CC(C)[C@@H](C)NC(=O)NC[C@H](C)NC(=O)NC[C@@H](N)Cc1ccc(O)cc1. The minimum Gasteiger partial charge on any atom is -0.508 e. The van der Waals surface area contributed by atoms with Gasteiger partial charge in [-0.25, -0.2) is 9.59 Å². The molecular weight excluding hydrogens is 346 g/mol. The van der Waals surface area contributed by atoms with Gasteiger partial charge in [-0.3, -0.25) is 0 Å². The fourth-order valence-electron chi connectivity index (χ4n) is 2.23. The highest BCUT2D eigenvalue weighted by atomic mass is 16.3. The van der Waals surface area contributed by atoms with Gasteiger partial charge in [-0.1, -0.05) is 26.0 Å². The number of urea groups is 2. The number of benzene rings is 1. The molecule has 0 aliphatic rings. The smallest absolute Gasteiger partial charge is 0.315 e. The number of hydrogen-bond acceptors (Lipinski definition) is 4. The summed E-state index contributed by atoms with van der Waals surface area (Å²) in [5.74, 6) is 0.558. The topological polar surface area (TPSA) is 129 Å². The molecule has 0 unspecified atom stereocenters. The van der Waals surface area contributed by atoms with E-state index in [1.807, 2.05) is 27.7 Å². The highest BCUT2D eigenvalue weighted by Crippen LogP contribution is 2.10. The van der Waals surface area contributed by atoms with Crippen LogP contribution in [0.15, 0.2) is 24.3 Å². The fraction of sp³-hybridized carbons (Fsp3) is 0.579. The van der Waals surface area contributed by atoms with Crippen LogP contribution in [0.25, 0.3) is 0 Å². The predicted octanol–water partition coefficient (Wildman–Crippen LogP) is 1.29. The van der Waals surface area contributed by atoms with Gasteiger partial charge in [0, 0.05) is 31.2 Å². The summed E-state index contributed by atoms with van der Waals surface area (Å²) in [7, 11) is 0. The second-order valence-electron chi connectivity index (χ2n) is 7.27. The second kappa shape index (κ2) is 11.3. The molecule has 1 aromatic rings. The maximum atomic E-state index is 11.9. The van der Waals surface area contributed by atoms with Gasteiger partial charge in [0.2, 0.25) is 0 Å². The van der Waals surface area contributed by atoms with Crippen molar-refractivity contribution in [3.05, 3.63) is 29.8 Å². The highest BCUT2D eigenvalue weighted by Gasteiger charge is 2.13. The third-order valence-corrected chi connectivity index (χ3v) is 4.26. The van der Waals surface area contributed by atoms with Crippen molar-refractivity contribution in [3.63, 3.8) is 0 Å². The van der Waals surface area contributed by atoms with E-state index < -0.39 is 0 Å². The van der Waals surface area contributed by atoms with Crippen LogP contribution in [0.4, 0.5) is 9.59 Å². The van der Waals surface area contributed by atoms with E-state index in [1.165, 1.54) is 0 Å². The van der Waals surface area contributed by atoms with Crippen LogP contribution in [0, 0.1) is 5.92 Å². The van der Waals surface area contributed by atoms with Crippen molar-refractivity contribution in [2.24, 2.45) is 11.7 Å². The zero-order valence-corrected chi connectivity index (χ0v) is 16.6. The van der Waals surface area contributed by atoms with Crippen LogP contribution in [0.1, 0.15) is 33.3 Å². The van der Waals surface area contributed by atoms with Gasteiger partial charge in [-0.05, 0) is 43.9 Å². The first-order chi connectivity index (χ1) is 12.7. The van der Waals surface area contributed by atoms with Crippen LogP contribution < -0.4 is 27.0 Å². The number of nitrogens with two attached hydrogens (primary N) is 1. The van der Waals surface area contributed by atoms with Crippen LogP contribution >= 0.6 is 0 Å². The molecule has 8 heteroatoms. The summed E-state index contributed by atoms with van der Waals surface area (Å²) in [6.45, 7) is 8.46. The first-order valence-electron chi connectivity index (χ1n) is 9.29. The molecule has 0 heterocycles. The Morgan fingerprint density at radius 2 is 1.52 bits per heavy atom. The molecule has 0 bridgehead atoms. The van der Waals surface area contributed by atoms with Crippen LogP contribution in [0.3, 0.4) is 0 Å². The average molecular weight is 380 g/mol. The van der Waals surface area contributed by atoms with Crippen LogP contribution in [0.5, 0.6) is 5.75 Å².